The Kier molecular flexibility index (Phi) is 3.30. The van der Waals surface area contributed by atoms with Gasteiger partial charge in [0.15, 0.2) is 0 Å². The molecule has 1 aromatic rings. The lowest BCUT2D eigenvalue weighted by atomic mass is 9.95. The van der Waals surface area contributed by atoms with E-state index in [2.05, 4.69) is 26.0 Å². The highest BCUT2D eigenvalue weighted by Crippen LogP contribution is 2.19. The van der Waals surface area contributed by atoms with E-state index in [4.69, 9.17) is 5.11 Å². The summed E-state index contributed by atoms with van der Waals surface area (Å²) in [4.78, 5) is 0. The fraction of sp³-hybridized carbons (Fsp3) is 0.455. The molecule has 12 heavy (non-hydrogen) atoms. The van der Waals surface area contributed by atoms with Crippen molar-refractivity contribution in [3.8, 4) is 0 Å². The molecule has 0 saturated carbocycles. The third-order valence-corrected chi connectivity index (χ3v) is 2.24. The minimum absolute atomic E-state index is 0.233. The van der Waals surface area contributed by atoms with Gasteiger partial charge in [0.1, 0.15) is 0 Å². The van der Waals surface area contributed by atoms with Crippen LogP contribution in [0.4, 0.5) is 0 Å². The Balaban J connectivity index is 2.96. The maximum absolute atomic E-state index is 9.01. The van der Waals surface area contributed by atoms with Crippen molar-refractivity contribution in [1.82, 2.24) is 0 Å². The van der Waals surface area contributed by atoms with Gasteiger partial charge in [0.2, 0.25) is 0 Å². The molecule has 1 N–H and O–H groups in total. The summed E-state index contributed by atoms with van der Waals surface area (Å²) in [7, 11) is 0. The Morgan fingerprint density at radius 1 is 1.33 bits per heavy atom. The molecular weight excluding hydrogens is 148 g/mol. The second-order valence-corrected chi connectivity index (χ2v) is 3.14. The second-order valence-electron chi connectivity index (χ2n) is 3.14. The molecule has 0 amide bonds. The highest BCUT2D eigenvalue weighted by Gasteiger charge is 2.06. The Morgan fingerprint density at radius 2 is 2.00 bits per heavy atom. The van der Waals surface area contributed by atoms with Gasteiger partial charge in [-0.3, -0.25) is 0 Å². The fourth-order valence-corrected chi connectivity index (χ4v) is 1.44. The monoisotopic (exact) mass is 164 g/mol. The summed E-state index contributed by atoms with van der Waals surface area (Å²) in [5.41, 5.74) is 2.63. The van der Waals surface area contributed by atoms with Crippen LogP contribution >= 0.6 is 0 Å². The third kappa shape index (κ3) is 1.86. The molecule has 1 rings (SSSR count). The molecule has 1 nitrogen and oxygen atoms in total. The van der Waals surface area contributed by atoms with Gasteiger partial charge in [-0.2, -0.15) is 0 Å². The quantitative estimate of drug-likeness (QED) is 0.727. The van der Waals surface area contributed by atoms with Crippen LogP contribution in [0, 0.1) is 0 Å². The first-order chi connectivity index (χ1) is 5.79. The summed E-state index contributed by atoms with van der Waals surface area (Å²) < 4.78 is 0. The topological polar surface area (TPSA) is 20.2 Å². The summed E-state index contributed by atoms with van der Waals surface area (Å²) in [6.45, 7) is 4.43. The van der Waals surface area contributed by atoms with Gasteiger partial charge in [0.05, 0.1) is 0 Å². The van der Waals surface area contributed by atoms with E-state index in [1.807, 2.05) is 12.1 Å². The van der Waals surface area contributed by atoms with E-state index in [1.54, 1.807) is 0 Å². The van der Waals surface area contributed by atoms with Crippen molar-refractivity contribution in [3.05, 3.63) is 35.4 Å². The minimum atomic E-state index is 0.233. The van der Waals surface area contributed by atoms with Crippen molar-refractivity contribution in [2.75, 3.05) is 6.61 Å². The maximum Gasteiger partial charge on any atom is 0.0497 e. The Bertz CT molecular complexity index is 243. The number of hydrogen-bond donors (Lipinski definition) is 1. The number of aliphatic hydroxyl groups excluding tert-OH is 1. The summed E-state index contributed by atoms with van der Waals surface area (Å²) in [6, 6.07) is 8.30. The summed E-state index contributed by atoms with van der Waals surface area (Å²) >= 11 is 0. The lowest BCUT2D eigenvalue weighted by Gasteiger charge is -2.12. The van der Waals surface area contributed by atoms with Gasteiger partial charge < -0.3 is 5.11 Å². The van der Waals surface area contributed by atoms with Crippen molar-refractivity contribution in [2.45, 2.75) is 26.2 Å². The zero-order chi connectivity index (χ0) is 8.97. The standard InChI is InChI=1S/C11H16O/c1-3-10-6-4-5-7-11(10)9(2)8-12/h4-7,9,12H,3,8H2,1-2H3/t9-/m1/s1. The van der Waals surface area contributed by atoms with Crippen LogP contribution < -0.4 is 0 Å². The zero-order valence-electron chi connectivity index (χ0n) is 7.75. The van der Waals surface area contributed by atoms with Crippen molar-refractivity contribution >= 4 is 0 Å². The number of aryl methyl sites for hydroxylation is 1. The van der Waals surface area contributed by atoms with Crippen molar-refractivity contribution in [3.63, 3.8) is 0 Å². The fourth-order valence-electron chi connectivity index (χ4n) is 1.44. The SMILES string of the molecule is CCc1ccccc1[C@H](C)CO. The molecule has 66 valence electrons. The summed E-state index contributed by atoms with van der Waals surface area (Å²) in [5, 5.41) is 9.01. The molecule has 0 aliphatic rings. The first-order valence-electron chi connectivity index (χ1n) is 4.48. The Morgan fingerprint density at radius 3 is 2.58 bits per heavy atom. The number of aliphatic hydroxyl groups is 1. The smallest absolute Gasteiger partial charge is 0.0497 e. The van der Waals surface area contributed by atoms with E-state index in [1.165, 1.54) is 11.1 Å². The van der Waals surface area contributed by atoms with E-state index < -0.39 is 0 Å². The maximum atomic E-state index is 9.01. The number of rotatable bonds is 3. The van der Waals surface area contributed by atoms with Crippen LogP contribution in [0.25, 0.3) is 0 Å². The molecule has 0 bridgehead atoms. The van der Waals surface area contributed by atoms with Crippen molar-refractivity contribution < 1.29 is 5.11 Å². The minimum Gasteiger partial charge on any atom is -0.396 e. The Labute approximate surface area is 74.1 Å². The zero-order valence-corrected chi connectivity index (χ0v) is 7.75. The van der Waals surface area contributed by atoms with Gasteiger partial charge in [-0.25, -0.2) is 0 Å². The first kappa shape index (κ1) is 9.27. The molecule has 0 unspecified atom stereocenters. The summed E-state index contributed by atoms with van der Waals surface area (Å²) in [5.74, 6) is 0.265. The lowest BCUT2D eigenvalue weighted by molar-refractivity contribution is 0.272. The van der Waals surface area contributed by atoms with Crippen LogP contribution in [0.3, 0.4) is 0 Å². The van der Waals surface area contributed by atoms with Gasteiger partial charge in [0, 0.05) is 12.5 Å². The van der Waals surface area contributed by atoms with E-state index >= 15 is 0 Å². The van der Waals surface area contributed by atoms with Gasteiger partial charge in [-0.05, 0) is 17.5 Å². The molecule has 0 saturated heterocycles. The lowest BCUT2D eigenvalue weighted by Crippen LogP contribution is -2.02. The second kappa shape index (κ2) is 4.27. The van der Waals surface area contributed by atoms with Crippen molar-refractivity contribution in [1.29, 1.82) is 0 Å². The molecule has 0 heterocycles. The molecule has 1 atom stereocenters. The van der Waals surface area contributed by atoms with E-state index in [9.17, 15) is 0 Å². The average Bonchev–Trinajstić information content (AvgIpc) is 2.16. The van der Waals surface area contributed by atoms with Crippen LogP contribution in [0.5, 0.6) is 0 Å². The van der Waals surface area contributed by atoms with Crippen LogP contribution in [-0.2, 0) is 6.42 Å². The highest BCUT2D eigenvalue weighted by molar-refractivity contribution is 5.29. The first-order valence-corrected chi connectivity index (χ1v) is 4.48. The predicted octanol–water partition coefficient (Wildman–Crippen LogP) is 2.34. The van der Waals surface area contributed by atoms with Crippen LogP contribution in [0.1, 0.15) is 30.9 Å². The normalized spacial score (nSPS) is 12.9. The van der Waals surface area contributed by atoms with Crippen LogP contribution in [0.15, 0.2) is 24.3 Å². The van der Waals surface area contributed by atoms with Gasteiger partial charge in [-0.1, -0.05) is 38.1 Å². The third-order valence-electron chi connectivity index (χ3n) is 2.24. The number of hydrogen-bond acceptors (Lipinski definition) is 1. The van der Waals surface area contributed by atoms with Crippen LogP contribution in [0.2, 0.25) is 0 Å². The molecule has 0 aromatic heterocycles. The molecule has 0 radical (unpaired) electrons. The molecule has 0 spiro atoms. The van der Waals surface area contributed by atoms with Gasteiger partial charge in [-0.15, -0.1) is 0 Å². The molecule has 0 aliphatic heterocycles. The molecule has 1 aromatic carbocycles. The van der Waals surface area contributed by atoms with Gasteiger partial charge >= 0.3 is 0 Å². The van der Waals surface area contributed by atoms with E-state index in [0.29, 0.717) is 0 Å². The predicted molar refractivity (Wildman–Crippen MR) is 51.3 cm³/mol. The Hall–Kier alpha value is -0.820. The van der Waals surface area contributed by atoms with E-state index in [-0.39, 0.29) is 12.5 Å². The number of benzene rings is 1. The molecule has 0 aliphatic carbocycles. The van der Waals surface area contributed by atoms with Crippen molar-refractivity contribution in [2.24, 2.45) is 0 Å². The van der Waals surface area contributed by atoms with E-state index in [0.717, 1.165) is 6.42 Å². The molecule has 1 heteroatoms. The van der Waals surface area contributed by atoms with Gasteiger partial charge in [0.25, 0.3) is 0 Å². The largest absolute Gasteiger partial charge is 0.396 e. The average molecular weight is 164 g/mol. The highest BCUT2D eigenvalue weighted by atomic mass is 16.3. The molecular formula is C11H16O. The van der Waals surface area contributed by atoms with Crippen LogP contribution in [-0.4, -0.2) is 11.7 Å². The molecule has 0 fully saturated rings. The summed E-state index contributed by atoms with van der Waals surface area (Å²) in [6.07, 6.45) is 1.04.